The number of nitrogens with zero attached hydrogens (tertiary/aromatic N) is 4. The van der Waals surface area contributed by atoms with Crippen molar-refractivity contribution in [2.75, 3.05) is 50.2 Å². The molecule has 168 valence electrons. The van der Waals surface area contributed by atoms with Crippen LogP contribution in [0, 0.1) is 0 Å². The van der Waals surface area contributed by atoms with Gasteiger partial charge in [0, 0.05) is 43.7 Å². The predicted molar refractivity (Wildman–Crippen MR) is 129 cm³/mol. The van der Waals surface area contributed by atoms with E-state index in [4.69, 9.17) is 14.7 Å². The van der Waals surface area contributed by atoms with Crippen LogP contribution in [0.4, 0.5) is 11.5 Å². The Labute approximate surface area is 189 Å². The third kappa shape index (κ3) is 4.11. The Morgan fingerprint density at radius 2 is 1.81 bits per heavy atom. The molecule has 0 amide bonds. The van der Waals surface area contributed by atoms with Crippen LogP contribution in [0.3, 0.4) is 0 Å². The van der Waals surface area contributed by atoms with Crippen LogP contribution in [0.5, 0.6) is 5.75 Å². The first-order valence-electron chi connectivity index (χ1n) is 11.7. The molecule has 1 aliphatic carbocycles. The number of anilines is 2. The molecule has 0 bridgehead atoms. The van der Waals surface area contributed by atoms with Crippen LogP contribution in [-0.4, -0.2) is 55.5 Å². The van der Waals surface area contributed by atoms with Gasteiger partial charge in [0.25, 0.3) is 0 Å². The van der Waals surface area contributed by atoms with Gasteiger partial charge in [0.2, 0.25) is 0 Å². The molecule has 1 saturated heterocycles. The molecule has 6 nitrogen and oxygen atoms in total. The number of hydrogen-bond acceptors (Lipinski definition) is 6. The van der Waals surface area contributed by atoms with Crippen molar-refractivity contribution in [3.63, 3.8) is 0 Å². The molecule has 1 aliphatic heterocycles. The number of benzene rings is 2. The molecule has 0 spiro atoms. The van der Waals surface area contributed by atoms with Crippen molar-refractivity contribution in [3.05, 3.63) is 53.9 Å². The van der Waals surface area contributed by atoms with Crippen LogP contribution in [0.25, 0.3) is 10.9 Å². The van der Waals surface area contributed by atoms with Crippen molar-refractivity contribution in [2.45, 2.75) is 37.5 Å². The first kappa shape index (κ1) is 21.0. The quantitative estimate of drug-likeness (QED) is 0.600. The number of aliphatic hydroxyl groups is 1. The number of para-hydroxylation sites is 1. The highest BCUT2D eigenvalue weighted by atomic mass is 16.5. The Bertz CT molecular complexity index is 1090. The summed E-state index contributed by atoms with van der Waals surface area (Å²) in [6, 6.07) is 14.8. The van der Waals surface area contributed by atoms with Crippen molar-refractivity contribution < 1.29 is 9.84 Å². The molecule has 3 aromatic rings. The monoisotopic (exact) mass is 432 g/mol. The van der Waals surface area contributed by atoms with Gasteiger partial charge in [-0.3, -0.25) is 0 Å². The minimum Gasteiger partial charge on any atom is -0.496 e. The average Bonchev–Trinajstić information content (AvgIpc) is 3.69. The predicted octanol–water partition coefficient (Wildman–Crippen LogP) is 4.33. The molecule has 0 unspecified atom stereocenters. The number of aromatic nitrogens is 2. The van der Waals surface area contributed by atoms with Gasteiger partial charge in [-0.05, 0) is 61.4 Å². The van der Waals surface area contributed by atoms with E-state index in [2.05, 4.69) is 46.2 Å². The highest BCUT2D eigenvalue weighted by Gasteiger charge is 2.30. The Balaban J connectivity index is 1.43. The van der Waals surface area contributed by atoms with E-state index < -0.39 is 0 Å². The van der Waals surface area contributed by atoms with Crippen LogP contribution in [0.1, 0.15) is 48.9 Å². The maximum Gasteiger partial charge on any atom is 0.140 e. The lowest BCUT2D eigenvalue weighted by molar-refractivity contribution is 0.304. The summed E-state index contributed by atoms with van der Waals surface area (Å²) in [5.74, 6) is 4.07. The minimum atomic E-state index is 0.137. The molecule has 6 heteroatoms. The summed E-state index contributed by atoms with van der Waals surface area (Å²) in [5.41, 5.74) is 3.40. The van der Waals surface area contributed by atoms with E-state index in [0.717, 1.165) is 59.9 Å². The van der Waals surface area contributed by atoms with Crippen molar-refractivity contribution >= 4 is 22.4 Å². The van der Waals surface area contributed by atoms with Crippen LogP contribution in [0.15, 0.2) is 42.5 Å². The summed E-state index contributed by atoms with van der Waals surface area (Å²) >= 11 is 0. The smallest absolute Gasteiger partial charge is 0.140 e. The molecule has 0 radical (unpaired) electrons. The zero-order valence-electron chi connectivity index (χ0n) is 19.0. The van der Waals surface area contributed by atoms with Crippen molar-refractivity contribution in [1.82, 2.24) is 9.97 Å². The van der Waals surface area contributed by atoms with E-state index in [9.17, 15) is 5.11 Å². The second-order valence-electron chi connectivity index (χ2n) is 9.03. The molecular weight excluding hydrogens is 400 g/mol. The van der Waals surface area contributed by atoms with Gasteiger partial charge in [0.05, 0.1) is 19.2 Å². The summed E-state index contributed by atoms with van der Waals surface area (Å²) in [7, 11) is 3.76. The molecule has 1 N–H and O–H groups in total. The summed E-state index contributed by atoms with van der Waals surface area (Å²) in [6.07, 6.45) is 4.54. The number of rotatable bonds is 7. The lowest BCUT2D eigenvalue weighted by Gasteiger charge is -2.34. The zero-order chi connectivity index (χ0) is 22.1. The maximum atomic E-state index is 9.31. The average molecular weight is 433 g/mol. The number of hydrogen-bond donors (Lipinski definition) is 1. The zero-order valence-corrected chi connectivity index (χ0v) is 19.0. The lowest BCUT2D eigenvalue weighted by Crippen LogP contribution is -2.34. The SMILES string of the molecule is COc1ccccc1C1CCN(c2nc(C3CC3)nc3cc(N(C)CCO)ccc23)CC1. The minimum absolute atomic E-state index is 0.137. The van der Waals surface area contributed by atoms with E-state index in [-0.39, 0.29) is 6.61 Å². The molecule has 2 fully saturated rings. The van der Waals surface area contributed by atoms with Gasteiger partial charge < -0.3 is 19.6 Å². The topological polar surface area (TPSA) is 61.7 Å². The fraction of sp³-hybridized carbons (Fsp3) is 0.462. The molecule has 2 heterocycles. The van der Waals surface area contributed by atoms with E-state index in [0.29, 0.717) is 18.4 Å². The van der Waals surface area contributed by atoms with Gasteiger partial charge in [-0.25, -0.2) is 9.97 Å². The van der Waals surface area contributed by atoms with Gasteiger partial charge in [-0.2, -0.15) is 0 Å². The molecule has 0 atom stereocenters. The van der Waals surface area contributed by atoms with Gasteiger partial charge in [0.15, 0.2) is 0 Å². The third-order valence-corrected chi connectivity index (χ3v) is 6.87. The maximum absolute atomic E-state index is 9.31. The Morgan fingerprint density at radius 1 is 1.03 bits per heavy atom. The lowest BCUT2D eigenvalue weighted by atomic mass is 9.88. The summed E-state index contributed by atoms with van der Waals surface area (Å²) in [4.78, 5) is 14.5. The number of aliphatic hydroxyl groups excluding tert-OH is 1. The van der Waals surface area contributed by atoms with Gasteiger partial charge in [-0.15, -0.1) is 0 Å². The highest BCUT2D eigenvalue weighted by molar-refractivity contribution is 5.92. The van der Waals surface area contributed by atoms with E-state index in [1.165, 1.54) is 18.4 Å². The normalized spacial score (nSPS) is 17.0. The number of methoxy groups -OCH3 is 1. The summed E-state index contributed by atoms with van der Waals surface area (Å²) in [6.45, 7) is 2.70. The molecule has 32 heavy (non-hydrogen) atoms. The van der Waals surface area contributed by atoms with E-state index >= 15 is 0 Å². The van der Waals surface area contributed by atoms with Gasteiger partial charge >= 0.3 is 0 Å². The Hall–Kier alpha value is -2.86. The number of piperidine rings is 1. The first-order valence-corrected chi connectivity index (χ1v) is 11.7. The fourth-order valence-electron chi connectivity index (χ4n) is 4.81. The standard InChI is InChI=1S/C26H32N4O2/c1-29(15-16-31)20-9-10-22-23(17-20)27-25(19-7-8-19)28-26(22)30-13-11-18(12-14-30)21-5-3-4-6-24(21)32-2/h3-6,9-10,17-19,31H,7-8,11-16H2,1-2H3. The Morgan fingerprint density at radius 3 is 2.53 bits per heavy atom. The molecule has 1 saturated carbocycles. The first-order chi connectivity index (χ1) is 15.7. The molecule has 2 aromatic carbocycles. The Kier molecular flexibility index (Phi) is 5.87. The van der Waals surface area contributed by atoms with Crippen LogP contribution < -0.4 is 14.5 Å². The van der Waals surface area contributed by atoms with Crippen LogP contribution in [0.2, 0.25) is 0 Å². The van der Waals surface area contributed by atoms with Crippen molar-refractivity contribution in [3.8, 4) is 5.75 Å². The second kappa shape index (κ2) is 8.94. The second-order valence-corrected chi connectivity index (χ2v) is 9.03. The fourth-order valence-corrected chi connectivity index (χ4v) is 4.81. The summed E-state index contributed by atoms with van der Waals surface area (Å²) in [5, 5.41) is 10.4. The third-order valence-electron chi connectivity index (χ3n) is 6.87. The number of likely N-dealkylation sites (N-methyl/N-ethyl adjacent to an activating group) is 1. The highest BCUT2D eigenvalue weighted by Crippen LogP contribution is 2.41. The van der Waals surface area contributed by atoms with E-state index in [1.54, 1.807) is 7.11 Å². The number of fused-ring (bicyclic) bond motifs is 1. The van der Waals surface area contributed by atoms with Crippen molar-refractivity contribution in [1.29, 1.82) is 0 Å². The van der Waals surface area contributed by atoms with E-state index in [1.807, 2.05) is 13.1 Å². The largest absolute Gasteiger partial charge is 0.496 e. The molecule has 2 aliphatic rings. The molecule has 1 aromatic heterocycles. The molecular formula is C26H32N4O2. The van der Waals surface area contributed by atoms with Crippen molar-refractivity contribution in [2.24, 2.45) is 0 Å². The van der Waals surface area contributed by atoms with Crippen LogP contribution in [-0.2, 0) is 0 Å². The van der Waals surface area contributed by atoms with Crippen LogP contribution >= 0.6 is 0 Å². The van der Waals surface area contributed by atoms with Gasteiger partial charge in [-0.1, -0.05) is 18.2 Å². The van der Waals surface area contributed by atoms with Gasteiger partial charge in [0.1, 0.15) is 17.4 Å². The summed E-state index contributed by atoms with van der Waals surface area (Å²) < 4.78 is 5.61. The molecule has 5 rings (SSSR count). The number of ether oxygens (including phenoxy) is 1.